The zero-order valence-electron chi connectivity index (χ0n) is 14.2. The van der Waals surface area contributed by atoms with E-state index in [1.807, 2.05) is 18.2 Å². The molecule has 0 unspecified atom stereocenters. The third-order valence-electron chi connectivity index (χ3n) is 4.04. The van der Waals surface area contributed by atoms with E-state index in [9.17, 15) is 9.18 Å². The van der Waals surface area contributed by atoms with Crippen molar-refractivity contribution < 1.29 is 18.7 Å². The summed E-state index contributed by atoms with van der Waals surface area (Å²) < 4.78 is 23.5. The number of anilines is 2. The number of ether oxygens (including phenoxy) is 2. The fraction of sp³-hybridized carbons (Fsp3) is 0.100. The van der Waals surface area contributed by atoms with Crippen LogP contribution in [0, 0.1) is 5.82 Å². The van der Waals surface area contributed by atoms with Crippen molar-refractivity contribution in [2.24, 2.45) is 0 Å². The van der Waals surface area contributed by atoms with Gasteiger partial charge >= 0.3 is 0 Å². The van der Waals surface area contributed by atoms with Gasteiger partial charge in [0, 0.05) is 24.5 Å². The molecule has 3 aromatic rings. The van der Waals surface area contributed by atoms with Crippen molar-refractivity contribution in [2.45, 2.75) is 6.54 Å². The van der Waals surface area contributed by atoms with Crippen molar-refractivity contribution in [1.82, 2.24) is 10.3 Å². The molecule has 0 saturated heterocycles. The van der Waals surface area contributed by atoms with E-state index in [0.717, 1.165) is 11.3 Å². The molecule has 4 rings (SSSR count). The molecule has 1 aliphatic rings. The van der Waals surface area contributed by atoms with Gasteiger partial charge in [-0.15, -0.1) is 0 Å². The molecule has 0 saturated carbocycles. The van der Waals surface area contributed by atoms with Gasteiger partial charge in [0.2, 0.25) is 6.79 Å². The first-order valence-electron chi connectivity index (χ1n) is 8.33. The first kappa shape index (κ1) is 16.8. The van der Waals surface area contributed by atoms with Crippen molar-refractivity contribution in [3.63, 3.8) is 0 Å². The number of hydrogen-bond donors (Lipinski definition) is 2. The number of nitrogens with zero attached hydrogens (tertiary/aromatic N) is 1. The van der Waals surface area contributed by atoms with E-state index in [0.29, 0.717) is 29.4 Å². The summed E-state index contributed by atoms with van der Waals surface area (Å²) in [6.07, 6.45) is 1.50. The average molecular weight is 365 g/mol. The van der Waals surface area contributed by atoms with Gasteiger partial charge in [0.1, 0.15) is 11.6 Å². The molecule has 2 N–H and O–H groups in total. The second-order valence-corrected chi connectivity index (χ2v) is 5.93. The van der Waals surface area contributed by atoms with Crippen molar-refractivity contribution in [2.75, 3.05) is 12.1 Å². The molecule has 0 aliphatic carbocycles. The van der Waals surface area contributed by atoms with Gasteiger partial charge in [0.05, 0.1) is 5.56 Å². The van der Waals surface area contributed by atoms with Crippen LogP contribution in [-0.2, 0) is 6.54 Å². The second-order valence-electron chi connectivity index (χ2n) is 5.93. The van der Waals surface area contributed by atoms with Crippen LogP contribution < -0.4 is 20.1 Å². The summed E-state index contributed by atoms with van der Waals surface area (Å²) in [6, 6.07) is 14.9. The summed E-state index contributed by atoms with van der Waals surface area (Å²) in [6.45, 7) is 0.537. The molecule has 1 amide bonds. The third-order valence-corrected chi connectivity index (χ3v) is 4.04. The maximum atomic E-state index is 12.9. The average Bonchev–Trinajstić information content (AvgIpc) is 3.16. The zero-order chi connectivity index (χ0) is 18.6. The van der Waals surface area contributed by atoms with Crippen LogP contribution in [0.2, 0.25) is 0 Å². The summed E-state index contributed by atoms with van der Waals surface area (Å²) in [5.41, 5.74) is 2.06. The Morgan fingerprint density at radius 3 is 2.63 bits per heavy atom. The Labute approximate surface area is 155 Å². The normalized spacial score (nSPS) is 11.9. The Morgan fingerprint density at radius 1 is 1.04 bits per heavy atom. The number of carbonyl (C=O) groups is 1. The first-order chi connectivity index (χ1) is 13.2. The number of carbonyl (C=O) groups excluding carboxylic acids is 1. The van der Waals surface area contributed by atoms with E-state index in [2.05, 4.69) is 15.6 Å². The van der Waals surface area contributed by atoms with Crippen LogP contribution in [0.1, 0.15) is 15.9 Å². The van der Waals surface area contributed by atoms with Crippen LogP contribution in [0.4, 0.5) is 15.9 Å². The molecule has 0 fully saturated rings. The molecule has 0 bridgehead atoms. The molecule has 1 aromatic heterocycles. The maximum Gasteiger partial charge on any atom is 0.253 e. The fourth-order valence-corrected chi connectivity index (χ4v) is 2.61. The number of rotatable bonds is 5. The van der Waals surface area contributed by atoms with Gasteiger partial charge in [-0.1, -0.05) is 12.1 Å². The van der Waals surface area contributed by atoms with E-state index in [1.54, 1.807) is 24.3 Å². The van der Waals surface area contributed by atoms with Crippen molar-refractivity contribution in [1.29, 1.82) is 0 Å². The van der Waals surface area contributed by atoms with Crippen LogP contribution in [0.15, 0.2) is 60.8 Å². The lowest BCUT2D eigenvalue weighted by Gasteiger charge is -2.08. The number of amides is 1. The van der Waals surface area contributed by atoms with Crippen LogP contribution in [0.3, 0.4) is 0 Å². The smallest absolute Gasteiger partial charge is 0.253 e. The Kier molecular flexibility index (Phi) is 4.57. The summed E-state index contributed by atoms with van der Waals surface area (Å²) in [7, 11) is 0. The molecule has 0 radical (unpaired) electrons. The lowest BCUT2D eigenvalue weighted by Crippen LogP contribution is -2.22. The van der Waals surface area contributed by atoms with Crippen LogP contribution >= 0.6 is 0 Å². The number of benzene rings is 2. The molecule has 27 heavy (non-hydrogen) atoms. The summed E-state index contributed by atoms with van der Waals surface area (Å²) >= 11 is 0. The Morgan fingerprint density at radius 2 is 1.85 bits per heavy atom. The van der Waals surface area contributed by atoms with Crippen LogP contribution in [0.5, 0.6) is 11.5 Å². The number of fused-ring (bicyclic) bond motifs is 1. The number of aromatic nitrogens is 1. The molecular weight excluding hydrogens is 349 g/mol. The van der Waals surface area contributed by atoms with Crippen molar-refractivity contribution in [3.8, 4) is 11.5 Å². The summed E-state index contributed by atoms with van der Waals surface area (Å²) in [5, 5.41) is 5.93. The van der Waals surface area contributed by atoms with E-state index in [-0.39, 0.29) is 18.5 Å². The van der Waals surface area contributed by atoms with Gasteiger partial charge in [-0.2, -0.15) is 0 Å². The molecule has 0 spiro atoms. The lowest BCUT2D eigenvalue weighted by molar-refractivity contribution is 0.0950. The first-order valence-corrected chi connectivity index (χ1v) is 8.33. The highest BCUT2D eigenvalue weighted by Crippen LogP contribution is 2.34. The quantitative estimate of drug-likeness (QED) is 0.722. The molecule has 0 atom stereocenters. The van der Waals surface area contributed by atoms with E-state index in [4.69, 9.17) is 9.47 Å². The SMILES string of the molecule is O=C(NCc1ccc(F)cc1)c1ccc(Nc2ccc3c(c2)OCO3)nc1. The van der Waals surface area contributed by atoms with Crippen LogP contribution in [-0.4, -0.2) is 17.7 Å². The van der Waals surface area contributed by atoms with Gasteiger partial charge in [0.15, 0.2) is 11.5 Å². The predicted molar refractivity (Wildman–Crippen MR) is 97.7 cm³/mol. The Balaban J connectivity index is 1.36. The highest BCUT2D eigenvalue weighted by molar-refractivity contribution is 5.94. The second kappa shape index (κ2) is 7.33. The number of hydrogen-bond acceptors (Lipinski definition) is 5. The Bertz CT molecular complexity index is 959. The molecule has 136 valence electrons. The molecule has 2 heterocycles. The fourth-order valence-electron chi connectivity index (χ4n) is 2.61. The lowest BCUT2D eigenvalue weighted by atomic mass is 10.2. The van der Waals surface area contributed by atoms with Gasteiger partial charge < -0.3 is 20.1 Å². The standard InChI is InChI=1S/C20H16FN3O3/c21-15-4-1-13(2-5-15)10-23-20(25)14-3-8-19(22-11-14)24-16-6-7-17-18(9-16)27-12-26-17/h1-9,11H,10,12H2,(H,22,24)(H,23,25). The highest BCUT2D eigenvalue weighted by Gasteiger charge is 2.13. The topological polar surface area (TPSA) is 72.5 Å². The minimum atomic E-state index is -0.306. The Hall–Kier alpha value is -3.61. The highest BCUT2D eigenvalue weighted by atomic mass is 19.1. The van der Waals surface area contributed by atoms with Crippen LogP contribution in [0.25, 0.3) is 0 Å². The predicted octanol–water partition coefficient (Wildman–Crippen LogP) is 3.62. The zero-order valence-corrected chi connectivity index (χ0v) is 14.2. The van der Waals surface area contributed by atoms with E-state index < -0.39 is 0 Å². The van der Waals surface area contributed by atoms with E-state index in [1.165, 1.54) is 18.3 Å². The number of nitrogens with one attached hydrogen (secondary N) is 2. The van der Waals surface area contributed by atoms with Gasteiger partial charge in [-0.3, -0.25) is 4.79 Å². The molecule has 2 aromatic carbocycles. The maximum absolute atomic E-state index is 12.9. The molecule has 6 nitrogen and oxygen atoms in total. The van der Waals surface area contributed by atoms with Crippen molar-refractivity contribution in [3.05, 3.63) is 77.7 Å². The molecule has 1 aliphatic heterocycles. The number of halogens is 1. The van der Waals surface area contributed by atoms with Crippen molar-refractivity contribution >= 4 is 17.4 Å². The van der Waals surface area contributed by atoms with Gasteiger partial charge in [-0.25, -0.2) is 9.37 Å². The molecule has 7 heteroatoms. The van der Waals surface area contributed by atoms with Gasteiger partial charge in [-0.05, 0) is 42.0 Å². The largest absolute Gasteiger partial charge is 0.454 e. The number of pyridine rings is 1. The minimum absolute atomic E-state index is 0.221. The molecular formula is C20H16FN3O3. The summed E-state index contributed by atoms with van der Waals surface area (Å²) in [5.74, 6) is 1.43. The summed E-state index contributed by atoms with van der Waals surface area (Å²) in [4.78, 5) is 16.5. The third kappa shape index (κ3) is 3.98. The minimum Gasteiger partial charge on any atom is -0.454 e. The van der Waals surface area contributed by atoms with E-state index >= 15 is 0 Å². The monoisotopic (exact) mass is 365 g/mol. The van der Waals surface area contributed by atoms with Gasteiger partial charge in [0.25, 0.3) is 5.91 Å².